The summed E-state index contributed by atoms with van der Waals surface area (Å²) in [7, 11) is 0. The number of nitrogens with two attached hydrogens (primary N) is 1. The first-order valence-electron chi connectivity index (χ1n) is 14.0. The molecule has 1 rings (SSSR count). The molecule has 0 radical (unpaired) electrons. The first-order chi connectivity index (χ1) is 19.3. The molecule has 0 aliphatic carbocycles. The summed E-state index contributed by atoms with van der Waals surface area (Å²) in [5, 5.41) is 9.78. The van der Waals surface area contributed by atoms with Gasteiger partial charge in [-0.05, 0) is 41.9 Å². The summed E-state index contributed by atoms with van der Waals surface area (Å²) in [5.74, 6) is -3.26. The first kappa shape index (κ1) is 36.5. The summed E-state index contributed by atoms with van der Waals surface area (Å²) < 4.78 is 31.5. The number of ether oxygens (including phenoxy) is 6. The third-order valence-electron chi connectivity index (χ3n) is 5.96. The van der Waals surface area contributed by atoms with Crippen LogP contribution in [0.1, 0.15) is 86.6 Å². The monoisotopic (exact) mass is 597 g/mol. The molecule has 0 aliphatic heterocycles. The average Bonchev–Trinajstić information content (AvgIpc) is 2.87. The summed E-state index contributed by atoms with van der Waals surface area (Å²) in [6.07, 6.45) is -2.27. The van der Waals surface area contributed by atoms with E-state index in [2.05, 4.69) is 0 Å². The molecule has 238 valence electrons. The number of rotatable bonds is 13. The maximum absolute atomic E-state index is 12.5. The van der Waals surface area contributed by atoms with Gasteiger partial charge in [0.1, 0.15) is 12.1 Å². The maximum Gasteiger partial charge on any atom is 0.513 e. The van der Waals surface area contributed by atoms with E-state index in [-0.39, 0.29) is 42.1 Å². The first-order valence-corrected chi connectivity index (χ1v) is 14.0. The highest BCUT2D eigenvalue weighted by molar-refractivity contribution is 5.75. The van der Waals surface area contributed by atoms with E-state index < -0.39 is 48.4 Å². The van der Waals surface area contributed by atoms with Gasteiger partial charge in [0.15, 0.2) is 11.5 Å². The summed E-state index contributed by atoms with van der Waals surface area (Å²) in [5.41, 5.74) is 5.75. The van der Waals surface area contributed by atoms with Crippen LogP contribution >= 0.6 is 0 Å². The third-order valence-corrected chi connectivity index (χ3v) is 5.96. The van der Waals surface area contributed by atoms with E-state index in [0.717, 1.165) is 6.42 Å². The summed E-state index contributed by atoms with van der Waals surface area (Å²) in [6, 6.07) is 2.71. The SMILES string of the molecule is CCCCOC(=O)OC(C)C(C)C(c1ccc(OC(=O)OCC(C)(C)C)c(OC(=O)OCC(C)(C)C)c1)[C@H](N)C(=O)O. The normalized spacial score (nSPS) is 14.5. The lowest BCUT2D eigenvalue weighted by Crippen LogP contribution is -2.42. The molecule has 4 atom stereocenters. The molecular formula is C30H47NO11. The van der Waals surface area contributed by atoms with Crippen molar-refractivity contribution in [2.75, 3.05) is 19.8 Å². The third kappa shape index (κ3) is 13.4. The van der Waals surface area contributed by atoms with Crippen molar-refractivity contribution in [1.29, 1.82) is 0 Å². The van der Waals surface area contributed by atoms with E-state index in [9.17, 15) is 24.3 Å². The van der Waals surface area contributed by atoms with Crippen LogP contribution in [-0.2, 0) is 23.7 Å². The second-order valence-corrected chi connectivity index (χ2v) is 12.6. The minimum absolute atomic E-state index is 0.0437. The summed E-state index contributed by atoms with van der Waals surface area (Å²) in [6.45, 7) is 16.7. The van der Waals surface area contributed by atoms with Gasteiger partial charge in [-0.2, -0.15) is 0 Å². The molecule has 42 heavy (non-hydrogen) atoms. The Labute approximate surface area is 248 Å². The van der Waals surface area contributed by atoms with Crippen molar-refractivity contribution in [3.05, 3.63) is 23.8 Å². The van der Waals surface area contributed by atoms with Gasteiger partial charge < -0.3 is 39.3 Å². The van der Waals surface area contributed by atoms with Gasteiger partial charge in [0.25, 0.3) is 0 Å². The van der Waals surface area contributed by atoms with Crippen molar-refractivity contribution in [1.82, 2.24) is 0 Å². The number of hydrogen-bond donors (Lipinski definition) is 2. The number of benzene rings is 1. The van der Waals surface area contributed by atoms with Gasteiger partial charge in [-0.1, -0.05) is 67.9 Å². The Bertz CT molecular complexity index is 1060. The van der Waals surface area contributed by atoms with Crippen molar-refractivity contribution in [2.24, 2.45) is 22.5 Å². The van der Waals surface area contributed by atoms with Crippen molar-refractivity contribution in [2.45, 2.75) is 93.2 Å². The number of carbonyl (C=O) groups is 4. The van der Waals surface area contributed by atoms with Crippen molar-refractivity contribution >= 4 is 24.4 Å². The molecule has 0 aromatic heterocycles. The molecular weight excluding hydrogens is 550 g/mol. The van der Waals surface area contributed by atoms with E-state index in [1.54, 1.807) is 13.8 Å². The average molecular weight is 598 g/mol. The fraction of sp³-hybridized carbons (Fsp3) is 0.667. The smallest absolute Gasteiger partial charge is 0.480 e. The highest BCUT2D eigenvalue weighted by Crippen LogP contribution is 2.37. The predicted octanol–water partition coefficient (Wildman–Crippen LogP) is 6.28. The number of aliphatic carboxylic acids is 1. The molecule has 0 bridgehead atoms. The maximum atomic E-state index is 12.5. The zero-order valence-electron chi connectivity index (χ0n) is 26.2. The molecule has 3 unspecified atom stereocenters. The van der Waals surface area contributed by atoms with Crippen LogP contribution in [0.25, 0.3) is 0 Å². The van der Waals surface area contributed by atoms with E-state index in [1.807, 2.05) is 48.5 Å². The predicted molar refractivity (Wildman–Crippen MR) is 154 cm³/mol. The number of unbranched alkanes of at least 4 members (excludes halogenated alkanes) is 1. The minimum atomic E-state index is -1.44. The van der Waals surface area contributed by atoms with Crippen LogP contribution in [-0.4, -0.2) is 61.5 Å². The van der Waals surface area contributed by atoms with Gasteiger partial charge in [0.05, 0.1) is 19.8 Å². The highest BCUT2D eigenvalue weighted by Gasteiger charge is 2.36. The van der Waals surface area contributed by atoms with Crippen LogP contribution in [0.3, 0.4) is 0 Å². The second kappa shape index (κ2) is 16.2. The molecule has 12 nitrogen and oxygen atoms in total. The molecule has 0 spiro atoms. The largest absolute Gasteiger partial charge is 0.513 e. The van der Waals surface area contributed by atoms with Crippen LogP contribution < -0.4 is 15.2 Å². The Kier molecular flexibility index (Phi) is 14.1. The fourth-order valence-corrected chi connectivity index (χ4v) is 3.56. The van der Waals surface area contributed by atoms with E-state index >= 15 is 0 Å². The molecule has 1 aromatic carbocycles. The molecule has 3 N–H and O–H groups in total. The molecule has 1 aromatic rings. The number of carboxylic acid groups (broad SMARTS) is 1. The lowest BCUT2D eigenvalue weighted by atomic mass is 9.79. The molecule has 12 heteroatoms. The van der Waals surface area contributed by atoms with Crippen LogP contribution in [0.5, 0.6) is 11.5 Å². The van der Waals surface area contributed by atoms with Gasteiger partial charge in [0, 0.05) is 11.8 Å². The standard InChI is InChI=1S/C30H47NO11/c1-10-11-14-37-26(34)40-19(3)18(2)23(24(31)25(32)33)20-12-13-21(41-27(35)38-16-29(4,5)6)22(15-20)42-28(36)39-17-30(7,8)9/h12-13,15,18-19,23-24H,10-11,14,16-17,31H2,1-9H3,(H,32,33)/t18?,19?,23?,24-/m0/s1. The number of carbonyl (C=O) groups excluding carboxylic acids is 3. The van der Waals surface area contributed by atoms with Crippen LogP contribution in [0.4, 0.5) is 14.4 Å². The van der Waals surface area contributed by atoms with Gasteiger partial charge in [-0.25, -0.2) is 14.4 Å². The summed E-state index contributed by atoms with van der Waals surface area (Å²) >= 11 is 0. The number of carboxylic acids is 1. The molecule has 0 heterocycles. The van der Waals surface area contributed by atoms with E-state index in [0.29, 0.717) is 12.0 Å². The number of hydrogen-bond acceptors (Lipinski definition) is 11. The minimum Gasteiger partial charge on any atom is -0.480 e. The Morgan fingerprint density at radius 1 is 0.833 bits per heavy atom. The Morgan fingerprint density at radius 2 is 1.36 bits per heavy atom. The zero-order chi connectivity index (χ0) is 32.3. The van der Waals surface area contributed by atoms with Crippen LogP contribution in [0.2, 0.25) is 0 Å². The molecule has 0 fully saturated rings. The van der Waals surface area contributed by atoms with Gasteiger partial charge in [0.2, 0.25) is 0 Å². The fourth-order valence-electron chi connectivity index (χ4n) is 3.56. The van der Waals surface area contributed by atoms with Crippen molar-refractivity contribution in [3.8, 4) is 11.5 Å². The quantitative estimate of drug-likeness (QED) is 0.113. The highest BCUT2D eigenvalue weighted by atomic mass is 16.7. The molecule has 0 saturated carbocycles. The Morgan fingerprint density at radius 3 is 1.83 bits per heavy atom. The lowest BCUT2D eigenvalue weighted by molar-refractivity contribution is -0.139. The molecule has 0 aliphatic rings. The topological polar surface area (TPSA) is 170 Å². The van der Waals surface area contributed by atoms with Crippen molar-refractivity contribution in [3.63, 3.8) is 0 Å². The lowest BCUT2D eigenvalue weighted by Gasteiger charge is -2.31. The van der Waals surface area contributed by atoms with Crippen LogP contribution in [0, 0.1) is 16.7 Å². The van der Waals surface area contributed by atoms with Crippen LogP contribution in [0.15, 0.2) is 18.2 Å². The van der Waals surface area contributed by atoms with Gasteiger partial charge >= 0.3 is 24.4 Å². The molecule has 0 amide bonds. The van der Waals surface area contributed by atoms with Gasteiger partial charge in [-0.15, -0.1) is 0 Å². The van der Waals surface area contributed by atoms with E-state index in [1.165, 1.54) is 18.2 Å². The second-order valence-electron chi connectivity index (χ2n) is 12.6. The van der Waals surface area contributed by atoms with Gasteiger partial charge in [-0.3, -0.25) is 4.79 Å². The Hall–Kier alpha value is -3.54. The zero-order valence-corrected chi connectivity index (χ0v) is 26.2. The molecule has 0 saturated heterocycles. The van der Waals surface area contributed by atoms with Crippen molar-refractivity contribution < 1.29 is 52.7 Å². The summed E-state index contributed by atoms with van der Waals surface area (Å²) in [4.78, 5) is 49.1. The Balaban J connectivity index is 3.39. The van der Waals surface area contributed by atoms with E-state index in [4.69, 9.17) is 34.2 Å².